The van der Waals surface area contributed by atoms with Gasteiger partial charge in [-0.3, -0.25) is 4.57 Å². The summed E-state index contributed by atoms with van der Waals surface area (Å²) in [4.78, 5) is 18.2. The summed E-state index contributed by atoms with van der Waals surface area (Å²) >= 11 is 0. The molecule has 2 rings (SSSR count). The van der Waals surface area contributed by atoms with Crippen LogP contribution in [0.4, 0.5) is 0 Å². The number of carbonyl (C=O) groups is 1. The summed E-state index contributed by atoms with van der Waals surface area (Å²) in [6.07, 6.45) is 2.60. The van der Waals surface area contributed by atoms with Gasteiger partial charge in [-0.05, 0) is 12.1 Å². The monoisotopic (exact) mass is 239 g/mol. The van der Waals surface area contributed by atoms with E-state index in [-0.39, 0.29) is 17.1 Å². The average molecular weight is 239 g/mol. The van der Waals surface area contributed by atoms with Crippen molar-refractivity contribution in [1.82, 2.24) is 14.5 Å². The summed E-state index contributed by atoms with van der Waals surface area (Å²) in [6, 6.07) is 6.46. The standard InChI is InChI=1S/C11H5N5O2/c12-4-9-10(5-13)16(6-15-9)7-1-2-14-8(3-7)11(17)18/h1-3,6H,(H,17,18). The number of carboxylic acid groups (broad SMARTS) is 1. The van der Waals surface area contributed by atoms with Crippen molar-refractivity contribution in [3.63, 3.8) is 0 Å². The summed E-state index contributed by atoms with van der Waals surface area (Å²) in [5.41, 5.74) is 0.308. The molecule has 0 fully saturated rings. The maximum absolute atomic E-state index is 10.8. The molecule has 7 heteroatoms. The molecule has 0 unspecified atom stereocenters. The fraction of sp³-hybridized carbons (Fsp3) is 0. The van der Waals surface area contributed by atoms with Crippen molar-refractivity contribution in [2.45, 2.75) is 0 Å². The molecule has 18 heavy (non-hydrogen) atoms. The Kier molecular flexibility index (Phi) is 2.73. The lowest BCUT2D eigenvalue weighted by Gasteiger charge is -2.03. The molecule has 0 bridgehead atoms. The molecule has 0 aliphatic rings. The molecule has 0 aliphatic heterocycles. The number of aromatic carboxylic acids is 1. The maximum Gasteiger partial charge on any atom is 0.354 e. The Bertz CT molecular complexity index is 705. The van der Waals surface area contributed by atoms with Gasteiger partial charge in [0.15, 0.2) is 11.4 Å². The van der Waals surface area contributed by atoms with Gasteiger partial charge >= 0.3 is 5.97 Å². The van der Waals surface area contributed by atoms with E-state index in [0.29, 0.717) is 5.69 Å². The number of carboxylic acids is 1. The third-order valence-corrected chi connectivity index (χ3v) is 2.22. The number of aromatic nitrogens is 3. The van der Waals surface area contributed by atoms with Gasteiger partial charge in [-0.2, -0.15) is 10.5 Å². The summed E-state index contributed by atoms with van der Waals surface area (Å²) in [5, 5.41) is 26.6. The van der Waals surface area contributed by atoms with Gasteiger partial charge in [0.2, 0.25) is 0 Å². The molecule has 0 spiro atoms. The highest BCUT2D eigenvalue weighted by Gasteiger charge is 2.13. The Balaban J connectivity index is 2.60. The number of imidazole rings is 1. The number of nitrogens with zero attached hydrogens (tertiary/aromatic N) is 5. The number of rotatable bonds is 2. The first kappa shape index (κ1) is 11.3. The molecule has 2 aromatic rings. The van der Waals surface area contributed by atoms with Crippen LogP contribution in [0.15, 0.2) is 24.7 Å². The molecule has 86 valence electrons. The van der Waals surface area contributed by atoms with Crippen molar-refractivity contribution < 1.29 is 9.90 Å². The van der Waals surface area contributed by atoms with Crippen LogP contribution < -0.4 is 0 Å². The molecule has 0 aromatic carbocycles. The molecule has 1 N–H and O–H groups in total. The third kappa shape index (κ3) is 1.77. The van der Waals surface area contributed by atoms with Crippen molar-refractivity contribution in [3.8, 4) is 17.8 Å². The van der Waals surface area contributed by atoms with Gasteiger partial charge in [-0.1, -0.05) is 0 Å². The second kappa shape index (κ2) is 4.36. The Labute approximate surface area is 101 Å². The van der Waals surface area contributed by atoms with Crippen molar-refractivity contribution in [3.05, 3.63) is 41.7 Å². The fourth-order valence-electron chi connectivity index (χ4n) is 1.42. The Morgan fingerprint density at radius 3 is 2.72 bits per heavy atom. The lowest BCUT2D eigenvalue weighted by Crippen LogP contribution is -2.03. The zero-order valence-electron chi connectivity index (χ0n) is 8.90. The highest BCUT2D eigenvalue weighted by atomic mass is 16.4. The van der Waals surface area contributed by atoms with E-state index in [9.17, 15) is 4.79 Å². The molecule has 0 amide bonds. The molecular formula is C11H5N5O2. The molecule has 0 saturated carbocycles. The SMILES string of the molecule is N#Cc1ncn(-c2ccnc(C(=O)O)c2)c1C#N. The van der Waals surface area contributed by atoms with Crippen molar-refractivity contribution in [2.24, 2.45) is 0 Å². The van der Waals surface area contributed by atoms with Crippen LogP contribution in [0.2, 0.25) is 0 Å². The smallest absolute Gasteiger partial charge is 0.354 e. The van der Waals surface area contributed by atoms with E-state index < -0.39 is 5.97 Å². The summed E-state index contributed by atoms with van der Waals surface area (Å²) in [5.74, 6) is -1.17. The second-order valence-corrected chi connectivity index (χ2v) is 3.24. The topological polar surface area (TPSA) is 116 Å². The van der Waals surface area contributed by atoms with Gasteiger partial charge in [0, 0.05) is 6.20 Å². The molecule has 0 aliphatic carbocycles. The summed E-state index contributed by atoms with van der Waals surface area (Å²) < 4.78 is 1.34. The molecule has 2 aromatic heterocycles. The van der Waals surface area contributed by atoms with Crippen LogP contribution in [0.3, 0.4) is 0 Å². The largest absolute Gasteiger partial charge is 0.477 e. The quantitative estimate of drug-likeness (QED) is 0.824. The van der Waals surface area contributed by atoms with Crippen LogP contribution in [0, 0.1) is 22.7 Å². The zero-order valence-corrected chi connectivity index (χ0v) is 8.90. The van der Waals surface area contributed by atoms with E-state index >= 15 is 0 Å². The second-order valence-electron chi connectivity index (χ2n) is 3.24. The average Bonchev–Trinajstić information content (AvgIpc) is 2.81. The van der Waals surface area contributed by atoms with Gasteiger partial charge in [-0.15, -0.1) is 0 Å². The Morgan fingerprint density at radius 1 is 1.33 bits per heavy atom. The minimum absolute atomic E-state index is 0.00816. The lowest BCUT2D eigenvalue weighted by atomic mass is 10.3. The zero-order chi connectivity index (χ0) is 13.1. The van der Waals surface area contributed by atoms with Gasteiger partial charge in [0.1, 0.15) is 24.2 Å². The van der Waals surface area contributed by atoms with Crippen LogP contribution in [-0.2, 0) is 0 Å². The van der Waals surface area contributed by atoms with Gasteiger partial charge < -0.3 is 5.11 Å². The van der Waals surface area contributed by atoms with E-state index in [1.807, 2.05) is 6.07 Å². The maximum atomic E-state index is 10.8. The molecular weight excluding hydrogens is 234 g/mol. The minimum atomic E-state index is -1.17. The van der Waals surface area contributed by atoms with Crippen LogP contribution in [0.5, 0.6) is 0 Å². The van der Waals surface area contributed by atoms with Crippen LogP contribution in [0.1, 0.15) is 21.9 Å². The predicted octanol–water partition coefficient (Wildman–Crippen LogP) is 0.709. The number of nitriles is 2. The van der Waals surface area contributed by atoms with Crippen LogP contribution >= 0.6 is 0 Å². The van der Waals surface area contributed by atoms with Crippen LogP contribution in [-0.4, -0.2) is 25.6 Å². The summed E-state index contributed by atoms with van der Waals surface area (Å²) in [7, 11) is 0. The van der Waals surface area contributed by atoms with E-state index in [1.165, 1.54) is 29.2 Å². The first-order valence-electron chi connectivity index (χ1n) is 4.74. The fourth-order valence-corrected chi connectivity index (χ4v) is 1.42. The number of hydrogen-bond donors (Lipinski definition) is 1. The Hall–Kier alpha value is -3.19. The lowest BCUT2D eigenvalue weighted by molar-refractivity contribution is 0.0690. The van der Waals surface area contributed by atoms with Crippen LogP contribution in [0.25, 0.3) is 5.69 Å². The molecule has 7 nitrogen and oxygen atoms in total. The number of hydrogen-bond acceptors (Lipinski definition) is 5. The van der Waals surface area contributed by atoms with Gasteiger partial charge in [0.05, 0.1) is 5.69 Å². The van der Waals surface area contributed by atoms with E-state index in [0.717, 1.165) is 0 Å². The van der Waals surface area contributed by atoms with E-state index in [2.05, 4.69) is 9.97 Å². The summed E-state index contributed by atoms with van der Waals surface area (Å²) in [6.45, 7) is 0. The Morgan fingerprint density at radius 2 is 2.11 bits per heavy atom. The van der Waals surface area contributed by atoms with Gasteiger partial charge in [0.25, 0.3) is 0 Å². The van der Waals surface area contributed by atoms with Crippen molar-refractivity contribution >= 4 is 5.97 Å². The normalized spacial score (nSPS) is 9.44. The van der Waals surface area contributed by atoms with Gasteiger partial charge in [-0.25, -0.2) is 14.8 Å². The molecule has 0 saturated heterocycles. The number of pyridine rings is 1. The predicted molar refractivity (Wildman–Crippen MR) is 57.7 cm³/mol. The first-order chi connectivity index (χ1) is 8.67. The molecule has 0 radical (unpaired) electrons. The minimum Gasteiger partial charge on any atom is -0.477 e. The highest BCUT2D eigenvalue weighted by Crippen LogP contribution is 2.14. The molecule has 0 atom stereocenters. The first-order valence-corrected chi connectivity index (χ1v) is 4.74. The van der Waals surface area contributed by atoms with Crippen molar-refractivity contribution in [2.75, 3.05) is 0 Å². The van der Waals surface area contributed by atoms with E-state index in [1.54, 1.807) is 6.07 Å². The van der Waals surface area contributed by atoms with E-state index in [4.69, 9.17) is 15.6 Å². The highest BCUT2D eigenvalue weighted by molar-refractivity contribution is 5.85. The van der Waals surface area contributed by atoms with Crippen molar-refractivity contribution in [1.29, 1.82) is 10.5 Å². The molecule has 2 heterocycles. The third-order valence-electron chi connectivity index (χ3n) is 2.22.